The van der Waals surface area contributed by atoms with Crippen LogP contribution in [0, 0.1) is 62.3 Å². The molecule has 0 radical (unpaired) electrons. The molecule has 16 aromatic rings. The number of rotatable bonds is 20. The van der Waals surface area contributed by atoms with Gasteiger partial charge in [-0.1, -0.05) is 6.07 Å². The number of primary amides is 3. The van der Waals surface area contributed by atoms with E-state index in [0.29, 0.717) is 86.3 Å². The summed E-state index contributed by atoms with van der Waals surface area (Å²) in [6, 6.07) is 34.9. The van der Waals surface area contributed by atoms with Crippen molar-refractivity contribution in [1.29, 1.82) is 0 Å². The zero-order valence-electron chi connectivity index (χ0n) is 73.2. The van der Waals surface area contributed by atoms with Crippen molar-refractivity contribution in [3.63, 3.8) is 0 Å². The number of carboxylic acid groups (broad SMARTS) is 2. The molecule has 664 valence electrons. The molecule has 0 aliphatic heterocycles. The fourth-order valence-electron chi connectivity index (χ4n) is 14.1. The molecule has 0 saturated carbocycles. The number of amides is 3. The summed E-state index contributed by atoms with van der Waals surface area (Å²) < 4.78 is 16.4. The third-order valence-electron chi connectivity index (χ3n) is 21.4. The van der Waals surface area contributed by atoms with Gasteiger partial charge in [0.2, 0.25) is 0 Å². The average molecular weight is 1720 g/mol. The van der Waals surface area contributed by atoms with Crippen molar-refractivity contribution in [2.75, 3.05) is 134 Å². The molecule has 16 rings (SSSR count). The van der Waals surface area contributed by atoms with Crippen molar-refractivity contribution in [2.24, 2.45) is 17.2 Å². The van der Waals surface area contributed by atoms with Gasteiger partial charge >= 0.3 is 17.9 Å². The number of nitrogens with two attached hydrogens (primary N) is 11. The lowest BCUT2D eigenvalue weighted by molar-refractivity contribution is 0.0600. The molecular weight excluding hydrogens is 1600 g/mol. The summed E-state index contributed by atoms with van der Waals surface area (Å²) in [4.78, 5) is 95.4. The Labute approximate surface area is 726 Å². The van der Waals surface area contributed by atoms with E-state index in [0.717, 1.165) is 178 Å². The topological polar surface area (TPSA) is 614 Å². The van der Waals surface area contributed by atoms with Gasteiger partial charge in [0.25, 0.3) is 17.7 Å². The predicted molar refractivity (Wildman–Crippen MR) is 509 cm³/mol. The number of carbonyl (C=O) groups excluding carboxylic acids is 4. The second-order valence-electron chi connectivity index (χ2n) is 30.6. The highest BCUT2D eigenvalue weighted by Gasteiger charge is 2.21. The molecule has 0 spiro atoms. The molecule has 0 fully saturated rings. The van der Waals surface area contributed by atoms with Crippen LogP contribution in [0.2, 0.25) is 0 Å². The summed E-state index contributed by atoms with van der Waals surface area (Å²) in [5.41, 5.74) is 85.8. The van der Waals surface area contributed by atoms with Crippen LogP contribution in [-0.4, -0.2) is 183 Å². The number of anilines is 8. The maximum absolute atomic E-state index is 11.6. The normalized spacial score (nSPS) is 10.9. The van der Waals surface area contributed by atoms with E-state index in [9.17, 15) is 28.8 Å². The zero-order chi connectivity index (χ0) is 92.4. The maximum atomic E-state index is 11.6. The zero-order valence-corrected chi connectivity index (χ0v) is 73.2. The summed E-state index contributed by atoms with van der Waals surface area (Å²) in [6.45, 7) is 24.7. The van der Waals surface area contributed by atoms with Crippen molar-refractivity contribution in [1.82, 2.24) is 60.3 Å². The van der Waals surface area contributed by atoms with Crippen LogP contribution in [-0.2, 0) is 4.74 Å². The first-order valence-electron chi connectivity index (χ1n) is 40.1. The summed E-state index contributed by atoms with van der Waals surface area (Å²) in [6.07, 6.45) is 5.28. The molecule has 126 heavy (non-hydrogen) atoms. The number of benzene rings is 8. The molecule has 0 bridgehead atoms. The van der Waals surface area contributed by atoms with E-state index < -0.39 is 29.7 Å². The lowest BCUT2D eigenvalue weighted by atomic mass is 10.1. The molecule has 8 heterocycles. The first-order valence-corrected chi connectivity index (χ1v) is 40.1. The maximum Gasteiger partial charge on any atom is 0.339 e. The quantitative estimate of drug-likeness (QED) is 0.0191. The minimum Gasteiger partial charge on any atom is -0.490 e. The van der Waals surface area contributed by atoms with Crippen LogP contribution < -0.4 is 83.2 Å². The third-order valence-corrected chi connectivity index (χ3v) is 21.4. The number of likely N-dealkylation sites (N-methyl/N-ethyl adjacent to an activating group) is 2. The second kappa shape index (κ2) is 42.0. The van der Waals surface area contributed by atoms with Crippen molar-refractivity contribution < 1.29 is 53.2 Å². The van der Waals surface area contributed by atoms with Gasteiger partial charge in [0.05, 0.1) is 79.1 Å². The van der Waals surface area contributed by atoms with Crippen molar-refractivity contribution in [2.45, 2.75) is 62.3 Å². The minimum atomic E-state index is -0.951. The van der Waals surface area contributed by atoms with Crippen LogP contribution in [0.3, 0.4) is 0 Å². The first-order chi connectivity index (χ1) is 59.8. The second-order valence-corrected chi connectivity index (χ2v) is 30.6. The Morgan fingerprint density at radius 3 is 1.07 bits per heavy atom. The Hall–Kier alpha value is -15.3. The lowest BCUT2D eigenvalue weighted by Gasteiger charge is -2.12. The monoisotopic (exact) mass is 1720 g/mol. The van der Waals surface area contributed by atoms with Crippen LogP contribution >= 0.6 is 0 Å². The van der Waals surface area contributed by atoms with E-state index in [1.54, 1.807) is 73.1 Å². The molecule has 34 N–H and O–H groups in total. The van der Waals surface area contributed by atoms with Crippen LogP contribution in [0.4, 0.5) is 45.5 Å². The van der Waals surface area contributed by atoms with E-state index in [2.05, 4.69) is 102 Å². The number of aromatic nitrogens is 8. The van der Waals surface area contributed by atoms with Gasteiger partial charge < -0.3 is 148 Å². The third kappa shape index (κ3) is 22.1. The van der Waals surface area contributed by atoms with Crippen molar-refractivity contribution >= 4 is 168 Å². The van der Waals surface area contributed by atoms with Gasteiger partial charge in [0, 0.05) is 169 Å². The highest BCUT2D eigenvalue weighted by Crippen LogP contribution is 2.37. The number of ether oxygens (including phenoxy) is 3. The first kappa shape index (κ1) is 94.6. The number of nitrogens with one attached hydrogen (secondary N) is 10. The number of nitrogens with zero attached hydrogens (tertiary/aromatic N) is 2. The number of hydrogen-bond donors (Lipinski definition) is 23. The van der Waals surface area contributed by atoms with Crippen LogP contribution in [0.5, 0.6) is 11.5 Å². The van der Waals surface area contributed by atoms with Crippen LogP contribution in [0.1, 0.15) is 113 Å². The number of carboxylic acids is 2. The molecule has 34 heteroatoms. The number of aryl methyl sites for hydroxylation is 9. The Bertz CT molecular complexity index is 6400. The van der Waals surface area contributed by atoms with Crippen molar-refractivity contribution in [3.05, 3.63) is 224 Å². The summed E-state index contributed by atoms with van der Waals surface area (Å²) in [5.74, 6) is -1.90. The molecule has 0 aliphatic rings. The fourth-order valence-corrected chi connectivity index (χ4v) is 14.1. The SMILES string of the molecule is CN(C)CCNCCOc1ccc(N)c2cc[nH]c12.COC(=O)c1ccc(N)c2c(C)c(C)[nH]c12.Cc1[nH]c2c(C(=O)O)ccc(N)c2c1C.Cc1[nH]c2c(C(N)=O)ccc(N)c2c1C.Cc1[nH]c2c(OCCNCCN(C)C)ccc(N)c2c1C.Cc1ccc(N)c2cc(C(N)=O)[nH]c12.NC(=O)c1ccc(N)c2cc[nH]c12.Nc1ccc(C(=O)O)c2[nH]ccc12. The molecule has 0 atom stereocenters. The molecule has 0 aliphatic carbocycles. The van der Waals surface area contributed by atoms with Crippen LogP contribution in [0.15, 0.2) is 140 Å². The van der Waals surface area contributed by atoms with Gasteiger partial charge in [-0.3, -0.25) is 14.4 Å². The predicted octanol–water partition coefficient (Wildman–Crippen LogP) is 12.3. The highest BCUT2D eigenvalue weighted by atomic mass is 16.5. The highest BCUT2D eigenvalue weighted by molar-refractivity contribution is 6.12. The Morgan fingerprint density at radius 1 is 0.349 bits per heavy atom. The Kier molecular flexibility index (Phi) is 31.5. The number of aromatic amines is 8. The number of fused-ring (bicyclic) bond motifs is 8. The van der Waals surface area contributed by atoms with Gasteiger partial charge in [-0.2, -0.15) is 0 Å². The molecule has 3 amide bonds. The standard InChI is InChI=1S/C16H26N4O.C14H22N4O.C12H14N2O2.C11H13N3O.C11H12N2O2.C10H11N3O.C9H9N3O.C9H8N2O2/c1-11-12(2)19-16-14(6-5-13(17)15(11)16)21-10-8-18-7-9-20(3)4;1-18(2)9-7-16-8-10-19-13-4-3-12(15)11-5-6-17-14(11)13;1-6-7(2)14-11-8(12(15)16-3)4-5-9(13)10(6)11;1-5-6(2)14-10-7(11(13)15)3-4-8(12)9(5)10;1-5-6(2)13-10-7(11(14)15)3-4-8(12)9(5)10;1-5-2-3-7(11)6-4-8(10(12)14)13-9(5)6;10-7-2-1-6(9(11)13)8-5(7)3-4-12-8;10-7-2-1-6(9(12)13)8-5(7)3-4-11-8/h5-6,18-19H,7-10,17H2,1-4H3;3-6,16-17H,7-10,15H2,1-2H3;4-5,14H,13H2,1-3H3;3-4,14H,12H2,1-2H3,(H2,13,15);3-4,13H,12H2,1-2H3,(H,14,15);2-4,13H,11H2,1H3,(H2,12,14);1-4,12H,10H2,(H2,11,13);1-4,11H,10H2,(H,12,13). The summed E-state index contributed by atoms with van der Waals surface area (Å²) >= 11 is 0. The minimum absolute atomic E-state index is 0.245. The number of methoxy groups -OCH3 is 1. The number of carbonyl (C=O) groups is 6. The number of esters is 1. The smallest absolute Gasteiger partial charge is 0.339 e. The molecule has 8 aromatic heterocycles. The lowest BCUT2D eigenvalue weighted by Crippen LogP contribution is -2.29. The van der Waals surface area contributed by atoms with Crippen molar-refractivity contribution in [3.8, 4) is 11.5 Å². The van der Waals surface area contributed by atoms with Crippen LogP contribution in [0.25, 0.3) is 87.2 Å². The molecule has 0 saturated heterocycles. The van der Waals surface area contributed by atoms with Gasteiger partial charge in [-0.05, 0) is 234 Å². The largest absolute Gasteiger partial charge is 0.490 e. The van der Waals surface area contributed by atoms with Gasteiger partial charge in [-0.15, -0.1) is 0 Å². The number of nitrogen functional groups attached to an aromatic ring is 8. The summed E-state index contributed by atoms with van der Waals surface area (Å²) in [5, 5.41) is 31.7. The summed E-state index contributed by atoms with van der Waals surface area (Å²) in [7, 11) is 9.63. The van der Waals surface area contributed by atoms with E-state index in [1.807, 2.05) is 103 Å². The van der Waals surface area contributed by atoms with E-state index >= 15 is 0 Å². The molecule has 0 unspecified atom stereocenters. The van der Waals surface area contributed by atoms with Gasteiger partial charge in [-0.25, -0.2) is 14.4 Å². The van der Waals surface area contributed by atoms with E-state index in [1.165, 1.54) is 24.8 Å². The molecular formula is C92H115N23O11. The molecule has 8 aromatic carbocycles. The van der Waals surface area contributed by atoms with E-state index in [4.69, 9.17) is 87.5 Å². The number of H-pyrrole nitrogens is 8. The molecule has 34 nitrogen and oxygen atoms in total. The fraction of sp³-hybridized carbons (Fsp3) is 0.239. The van der Waals surface area contributed by atoms with Gasteiger partial charge in [0.15, 0.2) is 0 Å². The van der Waals surface area contributed by atoms with E-state index in [-0.39, 0.29) is 17.1 Å². The Morgan fingerprint density at radius 2 is 0.667 bits per heavy atom. The van der Waals surface area contributed by atoms with Gasteiger partial charge in [0.1, 0.15) is 30.4 Å². The number of aromatic carboxylic acids is 2. The average Bonchev–Trinajstić information content (AvgIpc) is 2.46. The number of hydrogen-bond acceptors (Lipinski definition) is 21. The Balaban J connectivity index is 0.000000164.